The van der Waals surface area contributed by atoms with Gasteiger partial charge in [-0.05, 0) is 38.6 Å². The molecule has 3 rings (SSSR count). The molecular weight excluding hydrogens is 234 g/mol. The van der Waals surface area contributed by atoms with Gasteiger partial charge >= 0.3 is 0 Å². The third-order valence-electron chi connectivity index (χ3n) is 4.85. The summed E-state index contributed by atoms with van der Waals surface area (Å²) in [6.07, 6.45) is 6.70. The first-order valence-electron chi connectivity index (χ1n) is 7.58. The molecular formula is C17H23NO. The fourth-order valence-electron chi connectivity index (χ4n) is 3.71. The fourth-order valence-corrected chi connectivity index (χ4v) is 3.71. The van der Waals surface area contributed by atoms with E-state index in [1.165, 1.54) is 37.7 Å². The Kier molecular flexibility index (Phi) is 3.69. The van der Waals surface area contributed by atoms with Crippen LogP contribution in [0.3, 0.4) is 0 Å². The Morgan fingerprint density at radius 2 is 1.89 bits per heavy atom. The maximum Gasteiger partial charge on any atom is 0.176 e. The number of benzene rings is 1. The number of Topliss-reactive ketones (excluding diaryl/α,β-unsaturated/α-hetero) is 1. The molecule has 0 spiro atoms. The van der Waals surface area contributed by atoms with Gasteiger partial charge in [0.2, 0.25) is 0 Å². The molecule has 1 aliphatic carbocycles. The zero-order valence-electron chi connectivity index (χ0n) is 11.8. The molecule has 1 aliphatic heterocycles. The number of fused-ring (bicyclic) bond motifs is 1. The largest absolute Gasteiger partial charge is 0.293 e. The predicted molar refractivity (Wildman–Crippen MR) is 77.4 cm³/mol. The Morgan fingerprint density at radius 1 is 1.16 bits per heavy atom. The van der Waals surface area contributed by atoms with Gasteiger partial charge in [-0.3, -0.25) is 9.69 Å². The highest BCUT2D eigenvalue weighted by Crippen LogP contribution is 2.35. The monoisotopic (exact) mass is 257 g/mol. The van der Waals surface area contributed by atoms with Gasteiger partial charge in [-0.15, -0.1) is 0 Å². The maximum absolute atomic E-state index is 12.3. The van der Waals surface area contributed by atoms with Crippen molar-refractivity contribution in [2.75, 3.05) is 13.1 Å². The van der Waals surface area contributed by atoms with Crippen molar-refractivity contribution in [1.29, 1.82) is 0 Å². The molecule has 2 heteroatoms. The van der Waals surface area contributed by atoms with Crippen LogP contribution in [0.25, 0.3) is 0 Å². The number of carbonyl (C=O) groups is 1. The van der Waals surface area contributed by atoms with Crippen molar-refractivity contribution in [3.63, 3.8) is 0 Å². The van der Waals surface area contributed by atoms with Crippen LogP contribution in [-0.4, -0.2) is 29.8 Å². The molecule has 1 aromatic rings. The zero-order chi connectivity index (χ0) is 13.2. The first kappa shape index (κ1) is 12.9. The molecule has 1 saturated carbocycles. The predicted octanol–water partition coefficient (Wildman–Crippen LogP) is 3.44. The Hall–Kier alpha value is -1.15. The lowest BCUT2D eigenvalue weighted by atomic mass is 9.85. The van der Waals surface area contributed by atoms with Crippen molar-refractivity contribution in [2.24, 2.45) is 5.92 Å². The van der Waals surface area contributed by atoms with Gasteiger partial charge < -0.3 is 0 Å². The number of likely N-dealkylation sites (tertiary alicyclic amines) is 1. The number of hydrogen-bond acceptors (Lipinski definition) is 2. The van der Waals surface area contributed by atoms with Gasteiger partial charge in [-0.1, -0.05) is 42.7 Å². The summed E-state index contributed by atoms with van der Waals surface area (Å²) in [5, 5.41) is 0. The van der Waals surface area contributed by atoms with Crippen LogP contribution in [0.1, 0.15) is 48.0 Å². The molecule has 0 aromatic heterocycles. The summed E-state index contributed by atoms with van der Waals surface area (Å²) in [5.74, 6) is 1.14. The minimum absolute atomic E-state index is 0.284. The van der Waals surface area contributed by atoms with E-state index < -0.39 is 0 Å². The summed E-state index contributed by atoms with van der Waals surface area (Å²) >= 11 is 0. The zero-order valence-corrected chi connectivity index (χ0v) is 11.8. The van der Waals surface area contributed by atoms with Crippen LogP contribution in [0, 0.1) is 12.8 Å². The van der Waals surface area contributed by atoms with E-state index in [0.717, 1.165) is 18.0 Å². The molecule has 0 amide bonds. The van der Waals surface area contributed by atoms with Gasteiger partial charge in [0.05, 0.1) is 6.54 Å². The Labute approximate surface area is 115 Å². The van der Waals surface area contributed by atoms with Gasteiger partial charge in [-0.2, -0.15) is 0 Å². The number of ketones is 1. The van der Waals surface area contributed by atoms with E-state index in [0.29, 0.717) is 12.6 Å². The SMILES string of the molecule is Cc1ccc(C(=O)CN2CCC3CCCCC32)cc1. The number of carbonyl (C=O) groups excluding carboxylic acids is 1. The summed E-state index contributed by atoms with van der Waals surface area (Å²) < 4.78 is 0. The lowest BCUT2D eigenvalue weighted by Crippen LogP contribution is -2.38. The van der Waals surface area contributed by atoms with Crippen molar-refractivity contribution >= 4 is 5.78 Å². The van der Waals surface area contributed by atoms with Gasteiger partial charge in [0, 0.05) is 11.6 Å². The average Bonchev–Trinajstić information content (AvgIpc) is 2.83. The van der Waals surface area contributed by atoms with Gasteiger partial charge in [0.15, 0.2) is 5.78 Å². The number of hydrogen-bond donors (Lipinski definition) is 0. The quantitative estimate of drug-likeness (QED) is 0.773. The van der Waals surface area contributed by atoms with Gasteiger partial charge in [0.1, 0.15) is 0 Å². The molecule has 2 atom stereocenters. The summed E-state index contributed by atoms with van der Waals surface area (Å²) in [4.78, 5) is 14.8. The smallest absolute Gasteiger partial charge is 0.176 e. The molecule has 0 N–H and O–H groups in total. The fraction of sp³-hybridized carbons (Fsp3) is 0.588. The van der Waals surface area contributed by atoms with E-state index in [9.17, 15) is 4.79 Å². The second-order valence-corrected chi connectivity index (χ2v) is 6.16. The van der Waals surface area contributed by atoms with Crippen molar-refractivity contribution in [3.8, 4) is 0 Å². The number of rotatable bonds is 3. The second kappa shape index (κ2) is 5.46. The topological polar surface area (TPSA) is 20.3 Å². The van der Waals surface area contributed by atoms with Crippen LogP contribution < -0.4 is 0 Å². The maximum atomic E-state index is 12.3. The average molecular weight is 257 g/mol. The highest BCUT2D eigenvalue weighted by molar-refractivity contribution is 5.97. The van der Waals surface area contributed by atoms with Gasteiger partial charge in [0.25, 0.3) is 0 Å². The molecule has 2 aliphatic rings. The highest BCUT2D eigenvalue weighted by atomic mass is 16.1. The van der Waals surface area contributed by atoms with E-state index >= 15 is 0 Å². The third-order valence-corrected chi connectivity index (χ3v) is 4.85. The molecule has 19 heavy (non-hydrogen) atoms. The molecule has 2 fully saturated rings. The normalized spacial score (nSPS) is 27.2. The highest BCUT2D eigenvalue weighted by Gasteiger charge is 2.36. The van der Waals surface area contributed by atoms with Crippen molar-refractivity contribution in [3.05, 3.63) is 35.4 Å². The van der Waals surface area contributed by atoms with Crippen LogP contribution in [0.4, 0.5) is 0 Å². The van der Waals surface area contributed by atoms with Crippen LogP contribution in [0.15, 0.2) is 24.3 Å². The van der Waals surface area contributed by atoms with Gasteiger partial charge in [-0.25, -0.2) is 0 Å². The first-order chi connectivity index (χ1) is 9.24. The van der Waals surface area contributed by atoms with E-state index in [2.05, 4.69) is 11.8 Å². The molecule has 1 heterocycles. The van der Waals surface area contributed by atoms with Crippen LogP contribution >= 0.6 is 0 Å². The van der Waals surface area contributed by atoms with Crippen molar-refractivity contribution < 1.29 is 4.79 Å². The van der Waals surface area contributed by atoms with E-state index in [1.807, 2.05) is 24.3 Å². The molecule has 1 aromatic carbocycles. The Balaban J connectivity index is 1.65. The number of aryl methyl sites for hydroxylation is 1. The molecule has 102 valence electrons. The lowest BCUT2D eigenvalue weighted by Gasteiger charge is -2.31. The second-order valence-electron chi connectivity index (χ2n) is 6.16. The van der Waals surface area contributed by atoms with E-state index in [-0.39, 0.29) is 5.78 Å². The Morgan fingerprint density at radius 3 is 2.68 bits per heavy atom. The van der Waals surface area contributed by atoms with Crippen LogP contribution in [-0.2, 0) is 0 Å². The molecule has 1 saturated heterocycles. The molecule has 2 unspecified atom stereocenters. The van der Waals surface area contributed by atoms with Crippen LogP contribution in [0.5, 0.6) is 0 Å². The van der Waals surface area contributed by atoms with E-state index in [1.54, 1.807) is 0 Å². The number of nitrogens with zero attached hydrogens (tertiary/aromatic N) is 1. The minimum atomic E-state index is 0.284. The molecule has 0 bridgehead atoms. The third kappa shape index (κ3) is 2.74. The minimum Gasteiger partial charge on any atom is -0.293 e. The van der Waals surface area contributed by atoms with E-state index in [4.69, 9.17) is 0 Å². The molecule has 0 radical (unpaired) electrons. The standard InChI is InChI=1S/C17H23NO/c1-13-6-8-15(9-7-13)17(19)12-18-11-10-14-4-2-3-5-16(14)18/h6-9,14,16H,2-5,10-12H2,1H3. The summed E-state index contributed by atoms with van der Waals surface area (Å²) in [5.41, 5.74) is 2.08. The van der Waals surface area contributed by atoms with Crippen molar-refractivity contribution in [1.82, 2.24) is 4.90 Å². The summed E-state index contributed by atoms with van der Waals surface area (Å²) in [6, 6.07) is 8.67. The summed E-state index contributed by atoms with van der Waals surface area (Å²) in [7, 11) is 0. The van der Waals surface area contributed by atoms with Crippen molar-refractivity contribution in [2.45, 2.75) is 45.1 Å². The van der Waals surface area contributed by atoms with Crippen LogP contribution in [0.2, 0.25) is 0 Å². The first-order valence-corrected chi connectivity index (χ1v) is 7.58. The summed E-state index contributed by atoms with van der Waals surface area (Å²) in [6.45, 7) is 3.79. The lowest BCUT2D eigenvalue weighted by molar-refractivity contribution is 0.0896. The molecule has 2 nitrogen and oxygen atoms in total. The Bertz CT molecular complexity index is 451.